The Morgan fingerprint density at radius 2 is 1.15 bits per heavy atom. The van der Waals surface area contributed by atoms with E-state index in [1.165, 1.54) is 12.2 Å². The van der Waals surface area contributed by atoms with Crippen molar-refractivity contribution in [2.75, 3.05) is 24.7 Å². The quantitative estimate of drug-likeness (QED) is 0.400. The molecule has 0 aliphatic rings. The molecule has 0 amide bonds. The Morgan fingerprint density at radius 3 is 1.42 bits per heavy atom. The molecule has 0 aliphatic carbocycles. The zero-order valence-corrected chi connectivity index (χ0v) is 15.8. The minimum atomic E-state index is -4.03. The van der Waals surface area contributed by atoms with Crippen LogP contribution in [0.3, 0.4) is 0 Å². The van der Waals surface area contributed by atoms with Gasteiger partial charge in [0.05, 0.1) is 24.7 Å². The van der Waals surface area contributed by atoms with Gasteiger partial charge in [0, 0.05) is 11.1 Å². The molecule has 0 saturated carbocycles. The van der Waals surface area contributed by atoms with Crippen molar-refractivity contribution >= 4 is 32.4 Å². The Hall–Kier alpha value is -1.88. The van der Waals surface area contributed by atoms with E-state index in [1.54, 1.807) is 12.1 Å². The molecule has 10 heteroatoms. The molecule has 146 valence electrons. The molecule has 0 fully saturated rings. The van der Waals surface area contributed by atoms with Gasteiger partial charge in [-0.05, 0) is 25.0 Å². The Morgan fingerprint density at radius 1 is 0.808 bits per heavy atom. The highest BCUT2D eigenvalue weighted by Gasteiger charge is 2.11. The van der Waals surface area contributed by atoms with Crippen LogP contribution in [0.1, 0.15) is 24.0 Å². The van der Waals surface area contributed by atoms with Crippen LogP contribution in [0.4, 0.5) is 0 Å². The molecule has 0 atom stereocenters. The van der Waals surface area contributed by atoms with Gasteiger partial charge in [0.25, 0.3) is 20.2 Å². The molecular weight excluding hydrogens is 384 g/mol. The Balaban J connectivity index is 2.79. The second-order valence-electron chi connectivity index (χ2n) is 5.31. The van der Waals surface area contributed by atoms with Gasteiger partial charge in [-0.3, -0.25) is 9.11 Å². The van der Waals surface area contributed by atoms with E-state index in [4.69, 9.17) is 18.6 Å². The molecule has 0 spiro atoms. The van der Waals surface area contributed by atoms with Crippen LogP contribution in [0.5, 0.6) is 11.5 Å². The van der Waals surface area contributed by atoms with Gasteiger partial charge in [-0.15, -0.1) is 0 Å². The van der Waals surface area contributed by atoms with Crippen LogP contribution in [-0.2, 0) is 20.2 Å². The van der Waals surface area contributed by atoms with Crippen molar-refractivity contribution in [1.29, 1.82) is 0 Å². The lowest BCUT2D eigenvalue weighted by molar-refractivity contribution is 0.306. The van der Waals surface area contributed by atoms with E-state index in [1.807, 2.05) is 0 Å². The maximum atomic E-state index is 10.7. The first-order valence-corrected chi connectivity index (χ1v) is 10.9. The van der Waals surface area contributed by atoms with E-state index >= 15 is 0 Å². The molecule has 1 aromatic rings. The van der Waals surface area contributed by atoms with E-state index in [2.05, 4.69) is 13.2 Å². The van der Waals surface area contributed by atoms with Gasteiger partial charge in [-0.2, -0.15) is 16.8 Å². The average molecular weight is 406 g/mol. The molecule has 8 nitrogen and oxygen atoms in total. The molecule has 1 aromatic carbocycles. The molecule has 0 heterocycles. The van der Waals surface area contributed by atoms with Gasteiger partial charge in [-0.1, -0.05) is 25.3 Å². The first kappa shape index (κ1) is 22.2. The van der Waals surface area contributed by atoms with E-state index < -0.39 is 31.7 Å². The Labute approximate surface area is 153 Å². The van der Waals surface area contributed by atoms with E-state index in [9.17, 15) is 16.8 Å². The number of ether oxygens (including phenoxy) is 2. The summed E-state index contributed by atoms with van der Waals surface area (Å²) in [6.07, 6.45) is 3.28. The highest BCUT2D eigenvalue weighted by Crippen LogP contribution is 2.31. The molecular formula is C16H22O8S2. The van der Waals surface area contributed by atoms with Crippen LogP contribution in [0.25, 0.3) is 12.2 Å². The fourth-order valence-corrected chi connectivity index (χ4v) is 2.97. The van der Waals surface area contributed by atoms with Crippen molar-refractivity contribution in [2.45, 2.75) is 12.8 Å². The monoisotopic (exact) mass is 406 g/mol. The van der Waals surface area contributed by atoms with Crippen LogP contribution in [0, 0.1) is 0 Å². The fraction of sp³-hybridized carbons (Fsp3) is 0.375. The standard InChI is InChI=1S/C16H22O8S2/c1-3-13-11-16(24-8-6-10-26(20,21)22)14(4-2)12-15(13)23-7-5-9-25(17,18)19/h3-4,11-12H,1-2,5-10H2,(H,17,18,19)(H,20,21,22). The maximum Gasteiger partial charge on any atom is 0.264 e. The molecule has 1 rings (SSSR count). The van der Waals surface area contributed by atoms with Gasteiger partial charge >= 0.3 is 0 Å². The topological polar surface area (TPSA) is 127 Å². The first-order chi connectivity index (χ1) is 12.1. The highest BCUT2D eigenvalue weighted by molar-refractivity contribution is 7.86. The fourth-order valence-electron chi connectivity index (χ4n) is 2.01. The van der Waals surface area contributed by atoms with Gasteiger partial charge in [0.2, 0.25) is 0 Å². The lowest BCUT2D eigenvalue weighted by atomic mass is 10.1. The molecule has 0 saturated heterocycles. The molecule has 0 radical (unpaired) electrons. The lowest BCUT2D eigenvalue weighted by Crippen LogP contribution is -2.10. The molecule has 0 unspecified atom stereocenters. The molecule has 0 aliphatic heterocycles. The molecule has 2 N–H and O–H groups in total. The Bertz CT molecular complexity index is 769. The third-order valence-electron chi connectivity index (χ3n) is 3.19. The normalized spacial score (nSPS) is 11.8. The van der Waals surface area contributed by atoms with Crippen LogP contribution in [0.2, 0.25) is 0 Å². The number of benzene rings is 1. The number of hydrogen-bond donors (Lipinski definition) is 2. The minimum absolute atomic E-state index is 0.0752. The molecule has 0 bridgehead atoms. The van der Waals surface area contributed by atoms with Crippen molar-refractivity contribution in [2.24, 2.45) is 0 Å². The average Bonchev–Trinajstić information content (AvgIpc) is 2.53. The summed E-state index contributed by atoms with van der Waals surface area (Å²) in [4.78, 5) is 0. The summed E-state index contributed by atoms with van der Waals surface area (Å²) in [5.41, 5.74) is 1.18. The van der Waals surface area contributed by atoms with Gasteiger partial charge < -0.3 is 9.47 Å². The summed E-state index contributed by atoms with van der Waals surface area (Å²) in [7, 11) is -8.07. The second-order valence-corrected chi connectivity index (χ2v) is 8.46. The van der Waals surface area contributed by atoms with Crippen molar-refractivity contribution in [3.63, 3.8) is 0 Å². The number of hydrogen-bond acceptors (Lipinski definition) is 6. The zero-order chi connectivity index (χ0) is 19.8. The van der Waals surface area contributed by atoms with Crippen LogP contribution in [0.15, 0.2) is 25.3 Å². The largest absolute Gasteiger partial charge is 0.493 e. The van der Waals surface area contributed by atoms with Crippen LogP contribution < -0.4 is 9.47 Å². The SMILES string of the molecule is C=Cc1cc(OCCCS(=O)(=O)O)c(C=C)cc1OCCCS(=O)(=O)O. The van der Waals surface area contributed by atoms with Crippen molar-refractivity contribution < 1.29 is 35.4 Å². The third kappa shape index (κ3) is 8.48. The summed E-state index contributed by atoms with van der Waals surface area (Å²) in [6.45, 7) is 7.50. The van der Waals surface area contributed by atoms with Crippen LogP contribution >= 0.6 is 0 Å². The molecule has 0 aromatic heterocycles. The van der Waals surface area contributed by atoms with E-state index in [0.717, 1.165) is 0 Å². The summed E-state index contributed by atoms with van der Waals surface area (Å²) in [5.74, 6) is 0.0744. The van der Waals surface area contributed by atoms with E-state index in [-0.39, 0.29) is 26.1 Å². The van der Waals surface area contributed by atoms with Crippen molar-refractivity contribution in [3.8, 4) is 11.5 Å². The highest BCUT2D eigenvalue weighted by atomic mass is 32.2. The van der Waals surface area contributed by atoms with E-state index in [0.29, 0.717) is 22.6 Å². The van der Waals surface area contributed by atoms with Gasteiger partial charge in [0.15, 0.2) is 0 Å². The predicted molar refractivity (Wildman–Crippen MR) is 99.7 cm³/mol. The second kappa shape index (κ2) is 9.72. The van der Waals surface area contributed by atoms with Crippen molar-refractivity contribution in [3.05, 3.63) is 36.4 Å². The van der Waals surface area contributed by atoms with Gasteiger partial charge in [0.1, 0.15) is 11.5 Å². The first-order valence-electron chi connectivity index (χ1n) is 7.64. The summed E-state index contributed by atoms with van der Waals surface area (Å²) in [6, 6.07) is 3.27. The molecule has 26 heavy (non-hydrogen) atoms. The van der Waals surface area contributed by atoms with Crippen molar-refractivity contribution in [1.82, 2.24) is 0 Å². The maximum absolute atomic E-state index is 10.7. The van der Waals surface area contributed by atoms with Crippen LogP contribution in [-0.4, -0.2) is 50.7 Å². The van der Waals surface area contributed by atoms with Gasteiger partial charge in [-0.25, -0.2) is 0 Å². The Kier molecular flexibility index (Phi) is 8.28. The third-order valence-corrected chi connectivity index (χ3v) is 4.80. The summed E-state index contributed by atoms with van der Waals surface area (Å²) < 4.78 is 71.3. The smallest absolute Gasteiger partial charge is 0.264 e. The summed E-state index contributed by atoms with van der Waals surface area (Å²) >= 11 is 0. The number of rotatable bonds is 12. The minimum Gasteiger partial charge on any atom is -0.493 e. The lowest BCUT2D eigenvalue weighted by Gasteiger charge is -2.14. The zero-order valence-electron chi connectivity index (χ0n) is 14.1. The predicted octanol–water partition coefficient (Wildman–Crippen LogP) is 2.29. The summed E-state index contributed by atoms with van der Waals surface area (Å²) in [5, 5.41) is 0.